The fraction of sp³-hybridized carbons (Fsp3) is 0.182. The Morgan fingerprint density at radius 3 is 2.57 bits per heavy atom. The Morgan fingerprint density at radius 2 is 1.89 bits per heavy atom. The second-order valence-corrected chi connectivity index (χ2v) is 6.71. The number of hydrogen-bond donors (Lipinski definition) is 2. The summed E-state index contributed by atoms with van der Waals surface area (Å²) < 4.78 is 40.4. The highest BCUT2D eigenvalue weighted by molar-refractivity contribution is 6.04. The zero-order valence-electron chi connectivity index (χ0n) is 15.5. The predicted molar refractivity (Wildman–Crippen MR) is 108 cm³/mol. The summed E-state index contributed by atoms with van der Waals surface area (Å²) in [6.45, 7) is 3.76. The van der Waals surface area contributed by atoms with E-state index in [9.17, 15) is 13.2 Å². The van der Waals surface area contributed by atoms with Crippen LogP contribution in [-0.2, 0) is 0 Å². The van der Waals surface area contributed by atoms with Crippen LogP contribution in [0.3, 0.4) is 0 Å². The molecule has 0 spiro atoms. The summed E-state index contributed by atoms with van der Waals surface area (Å²) in [7, 11) is 0. The lowest BCUT2D eigenvalue weighted by Crippen LogP contribution is -2.09. The minimum absolute atomic E-state index is 0.00190. The third-order valence-corrected chi connectivity index (χ3v) is 4.38. The molecular weight excluding hydrogens is 363 g/mol. The van der Waals surface area contributed by atoms with Crippen LogP contribution >= 0.6 is 0 Å². The van der Waals surface area contributed by atoms with Crippen LogP contribution in [0.1, 0.15) is 30.9 Å². The predicted octanol–water partition coefficient (Wildman–Crippen LogP) is 6.24. The third-order valence-electron chi connectivity index (χ3n) is 4.38. The van der Waals surface area contributed by atoms with Crippen molar-refractivity contribution in [2.24, 2.45) is 0 Å². The van der Waals surface area contributed by atoms with Gasteiger partial charge in [0.2, 0.25) is 0 Å². The largest absolute Gasteiger partial charge is 0.354 e. The molecule has 0 atom stereocenters. The van der Waals surface area contributed by atoms with Crippen LogP contribution < -0.4 is 5.32 Å². The monoisotopic (exact) mass is 383 g/mol. The normalized spacial score (nSPS) is 12.0. The van der Waals surface area contributed by atoms with Gasteiger partial charge in [-0.2, -0.15) is 0 Å². The molecule has 3 aromatic rings. The number of halogens is 3. The molecule has 3 nitrogen and oxygen atoms in total. The van der Waals surface area contributed by atoms with Gasteiger partial charge in [-0.05, 0) is 47.9 Å². The topological polar surface area (TPSA) is 48.8 Å². The summed E-state index contributed by atoms with van der Waals surface area (Å²) in [6, 6.07) is 13.6. The molecule has 0 aliphatic carbocycles. The molecule has 2 N–H and O–H groups in total. The van der Waals surface area contributed by atoms with Crippen molar-refractivity contribution in [1.29, 1.82) is 5.41 Å². The van der Waals surface area contributed by atoms with Gasteiger partial charge in [0.25, 0.3) is 6.43 Å². The quantitative estimate of drug-likeness (QED) is 0.495. The second-order valence-electron chi connectivity index (χ2n) is 6.71. The average Bonchev–Trinajstić information content (AvgIpc) is 2.67. The molecule has 3 rings (SSSR count). The fourth-order valence-corrected chi connectivity index (χ4v) is 2.93. The summed E-state index contributed by atoms with van der Waals surface area (Å²) in [6.07, 6.45) is -0.232. The number of fused-ring (bicyclic) bond motifs is 1. The van der Waals surface area contributed by atoms with Crippen LogP contribution in [-0.4, -0.2) is 17.1 Å². The van der Waals surface area contributed by atoms with Crippen molar-refractivity contribution < 1.29 is 13.2 Å². The maximum atomic E-state index is 14.5. The first-order valence-electron chi connectivity index (χ1n) is 8.85. The van der Waals surface area contributed by atoms with Crippen LogP contribution in [0, 0.1) is 11.2 Å². The molecule has 0 bridgehead atoms. The van der Waals surface area contributed by atoms with Gasteiger partial charge in [0, 0.05) is 28.5 Å². The van der Waals surface area contributed by atoms with Crippen LogP contribution in [0.25, 0.3) is 16.6 Å². The number of anilines is 1. The Morgan fingerprint density at radius 1 is 1.11 bits per heavy atom. The number of pyridine rings is 1. The second kappa shape index (κ2) is 8.25. The SMILES string of the molecule is CC(C)c1ccc(/C(=C/C(=N)C(F)F)Nc2cccc3ncccc23)cc1F. The van der Waals surface area contributed by atoms with Crippen molar-refractivity contribution in [1.82, 2.24) is 4.98 Å². The smallest absolute Gasteiger partial charge is 0.279 e. The van der Waals surface area contributed by atoms with E-state index in [-0.39, 0.29) is 11.6 Å². The number of alkyl halides is 2. The third kappa shape index (κ3) is 4.22. The van der Waals surface area contributed by atoms with Gasteiger partial charge in [-0.25, -0.2) is 13.2 Å². The Kier molecular flexibility index (Phi) is 5.78. The molecule has 6 heteroatoms. The van der Waals surface area contributed by atoms with Gasteiger partial charge in [-0.3, -0.25) is 10.4 Å². The van der Waals surface area contributed by atoms with Gasteiger partial charge in [0.15, 0.2) is 0 Å². The molecular formula is C22H20F3N3. The first-order valence-corrected chi connectivity index (χ1v) is 8.85. The highest BCUT2D eigenvalue weighted by atomic mass is 19.3. The molecule has 0 saturated carbocycles. The first-order chi connectivity index (χ1) is 13.4. The van der Waals surface area contributed by atoms with Crippen molar-refractivity contribution in [3.63, 3.8) is 0 Å². The molecule has 0 radical (unpaired) electrons. The first kappa shape index (κ1) is 19.6. The molecule has 0 saturated heterocycles. The Hall–Kier alpha value is -3.15. The van der Waals surface area contributed by atoms with E-state index in [0.29, 0.717) is 16.8 Å². The maximum Gasteiger partial charge on any atom is 0.279 e. The van der Waals surface area contributed by atoms with Crippen LogP contribution in [0.5, 0.6) is 0 Å². The number of nitrogens with zero attached hydrogens (tertiary/aromatic N) is 1. The van der Waals surface area contributed by atoms with E-state index in [1.165, 1.54) is 6.07 Å². The van der Waals surface area contributed by atoms with E-state index >= 15 is 0 Å². The minimum atomic E-state index is -2.93. The van der Waals surface area contributed by atoms with Crippen molar-refractivity contribution in [2.75, 3.05) is 5.32 Å². The van der Waals surface area contributed by atoms with Crippen LogP contribution in [0.4, 0.5) is 18.9 Å². The zero-order valence-corrected chi connectivity index (χ0v) is 15.5. The number of hydrogen-bond acceptors (Lipinski definition) is 3. The number of rotatable bonds is 6. The standard InChI is InChI=1S/C22H20F3N3/c1-13(2)15-9-8-14(11-17(15)23)21(12-18(26)22(24)25)28-20-7-3-6-19-16(20)5-4-10-27-19/h3-13,22,26,28H,1-2H3/b21-12-,26-18?. The highest BCUT2D eigenvalue weighted by Gasteiger charge is 2.14. The van der Waals surface area contributed by atoms with Gasteiger partial charge in [-0.1, -0.05) is 32.0 Å². The molecule has 0 aliphatic heterocycles. The molecule has 0 fully saturated rings. The van der Waals surface area contributed by atoms with Crippen LogP contribution in [0.2, 0.25) is 0 Å². The van der Waals surface area contributed by atoms with E-state index in [1.54, 1.807) is 36.5 Å². The average molecular weight is 383 g/mol. The summed E-state index contributed by atoms with van der Waals surface area (Å²) in [5, 5.41) is 11.4. The van der Waals surface area contributed by atoms with E-state index in [4.69, 9.17) is 5.41 Å². The summed E-state index contributed by atoms with van der Waals surface area (Å²) in [5.74, 6) is -0.415. The lowest BCUT2D eigenvalue weighted by Gasteiger charge is -2.16. The van der Waals surface area contributed by atoms with Gasteiger partial charge in [-0.15, -0.1) is 0 Å². The molecule has 1 heterocycles. The minimum Gasteiger partial charge on any atom is -0.354 e. The molecule has 0 amide bonds. The number of benzene rings is 2. The van der Waals surface area contributed by atoms with Gasteiger partial charge in [0.1, 0.15) is 5.82 Å². The zero-order chi connectivity index (χ0) is 20.3. The Bertz CT molecular complexity index is 1040. The molecule has 2 aromatic carbocycles. The van der Waals surface area contributed by atoms with Gasteiger partial charge in [0.05, 0.1) is 11.2 Å². The maximum absolute atomic E-state index is 14.5. The molecule has 1 aromatic heterocycles. The molecule has 0 unspecified atom stereocenters. The van der Waals surface area contributed by atoms with E-state index < -0.39 is 18.0 Å². The van der Waals surface area contributed by atoms with Crippen molar-refractivity contribution in [3.8, 4) is 0 Å². The summed E-state index contributed by atoms with van der Waals surface area (Å²) in [5.41, 5.74) is 1.66. The molecule has 144 valence electrons. The Labute approximate surface area is 161 Å². The highest BCUT2D eigenvalue weighted by Crippen LogP contribution is 2.28. The molecule has 0 aliphatic rings. The van der Waals surface area contributed by atoms with Crippen molar-refractivity contribution >= 4 is 28.0 Å². The number of aromatic nitrogens is 1. The lowest BCUT2D eigenvalue weighted by molar-refractivity contribution is 0.226. The Balaban J connectivity index is 2.08. The summed E-state index contributed by atoms with van der Waals surface area (Å²) >= 11 is 0. The fourth-order valence-electron chi connectivity index (χ4n) is 2.93. The van der Waals surface area contributed by atoms with Gasteiger partial charge < -0.3 is 5.32 Å². The lowest BCUT2D eigenvalue weighted by atomic mass is 9.99. The molecule has 28 heavy (non-hydrogen) atoms. The van der Waals surface area contributed by atoms with E-state index in [0.717, 1.165) is 17.0 Å². The van der Waals surface area contributed by atoms with E-state index in [1.807, 2.05) is 26.0 Å². The van der Waals surface area contributed by atoms with Crippen molar-refractivity contribution in [2.45, 2.75) is 26.2 Å². The van der Waals surface area contributed by atoms with Crippen molar-refractivity contribution in [3.05, 3.63) is 77.7 Å². The van der Waals surface area contributed by atoms with Crippen LogP contribution in [0.15, 0.2) is 60.8 Å². The van der Waals surface area contributed by atoms with E-state index in [2.05, 4.69) is 10.3 Å². The van der Waals surface area contributed by atoms with Gasteiger partial charge >= 0.3 is 0 Å². The number of nitrogens with one attached hydrogen (secondary N) is 2. The summed E-state index contributed by atoms with van der Waals surface area (Å²) in [4.78, 5) is 4.27. The number of allylic oxidation sites excluding steroid dienone is 1.